The molecule has 0 aliphatic carbocycles. The number of aromatic nitrogens is 2. The Bertz CT molecular complexity index is 562. The van der Waals surface area contributed by atoms with E-state index in [1.807, 2.05) is 31.2 Å². The molecule has 5 nitrogen and oxygen atoms in total. The number of benzene rings is 1. The van der Waals surface area contributed by atoms with Gasteiger partial charge in [0.1, 0.15) is 0 Å². The van der Waals surface area contributed by atoms with Crippen molar-refractivity contribution in [2.45, 2.75) is 32.4 Å². The fraction of sp³-hybridized carbons (Fsp3) is 0.467. The molecule has 106 valence electrons. The molecule has 1 aliphatic rings. The number of nitrogens with zero attached hydrogens (tertiary/aromatic N) is 2. The minimum atomic E-state index is 0.328. The van der Waals surface area contributed by atoms with Gasteiger partial charge in [-0.1, -0.05) is 18.2 Å². The maximum atomic E-state index is 5.69. The molecule has 1 aromatic carbocycles. The molecule has 0 spiro atoms. The van der Waals surface area contributed by atoms with Crippen molar-refractivity contribution in [3.8, 4) is 11.5 Å². The van der Waals surface area contributed by atoms with E-state index in [0.29, 0.717) is 24.4 Å². The molecule has 20 heavy (non-hydrogen) atoms. The minimum absolute atomic E-state index is 0.328. The summed E-state index contributed by atoms with van der Waals surface area (Å²) in [6.07, 6.45) is 2.61. The number of hydrogen-bond donors (Lipinski definition) is 1. The van der Waals surface area contributed by atoms with Gasteiger partial charge in [-0.15, -0.1) is 10.2 Å². The molecule has 0 amide bonds. The topological polar surface area (TPSA) is 60.2 Å². The highest BCUT2D eigenvalue weighted by Crippen LogP contribution is 2.21. The van der Waals surface area contributed by atoms with E-state index < -0.39 is 0 Å². The van der Waals surface area contributed by atoms with Gasteiger partial charge in [-0.3, -0.25) is 0 Å². The zero-order chi connectivity index (χ0) is 13.8. The largest absolute Gasteiger partial charge is 0.419 e. The van der Waals surface area contributed by atoms with Gasteiger partial charge in [0.25, 0.3) is 0 Å². The second-order valence-electron chi connectivity index (χ2n) is 5.08. The van der Waals surface area contributed by atoms with Crippen LogP contribution in [0.2, 0.25) is 0 Å². The first-order valence-corrected chi connectivity index (χ1v) is 7.03. The molecular formula is C15H19N3O2. The summed E-state index contributed by atoms with van der Waals surface area (Å²) < 4.78 is 11.2. The molecule has 2 aromatic rings. The molecule has 0 bridgehead atoms. The van der Waals surface area contributed by atoms with Crippen LogP contribution in [-0.4, -0.2) is 29.5 Å². The summed E-state index contributed by atoms with van der Waals surface area (Å²) in [6.45, 7) is 4.33. The SMILES string of the molecule is Cc1ccccc1-c1nnc(CNCC2CCCO2)o1. The smallest absolute Gasteiger partial charge is 0.248 e. The number of aryl methyl sites for hydroxylation is 1. The predicted molar refractivity (Wildman–Crippen MR) is 75.2 cm³/mol. The average molecular weight is 273 g/mol. The number of nitrogens with one attached hydrogen (secondary N) is 1. The van der Waals surface area contributed by atoms with Crippen molar-refractivity contribution in [3.63, 3.8) is 0 Å². The Hall–Kier alpha value is -1.72. The van der Waals surface area contributed by atoms with Crippen LogP contribution in [0.5, 0.6) is 0 Å². The Morgan fingerprint density at radius 1 is 1.30 bits per heavy atom. The third-order valence-electron chi connectivity index (χ3n) is 3.51. The fourth-order valence-corrected chi connectivity index (χ4v) is 2.39. The zero-order valence-corrected chi connectivity index (χ0v) is 11.6. The van der Waals surface area contributed by atoms with Crippen LogP contribution in [0.25, 0.3) is 11.5 Å². The van der Waals surface area contributed by atoms with Gasteiger partial charge in [0.15, 0.2) is 0 Å². The molecular weight excluding hydrogens is 254 g/mol. The molecule has 1 N–H and O–H groups in total. The number of ether oxygens (including phenoxy) is 1. The Morgan fingerprint density at radius 2 is 2.20 bits per heavy atom. The lowest BCUT2D eigenvalue weighted by Gasteiger charge is -2.08. The van der Waals surface area contributed by atoms with Crippen molar-refractivity contribution in [2.75, 3.05) is 13.2 Å². The van der Waals surface area contributed by atoms with Gasteiger partial charge in [0.2, 0.25) is 11.8 Å². The van der Waals surface area contributed by atoms with Crippen molar-refractivity contribution in [1.82, 2.24) is 15.5 Å². The summed E-state index contributed by atoms with van der Waals surface area (Å²) in [7, 11) is 0. The van der Waals surface area contributed by atoms with Gasteiger partial charge in [0, 0.05) is 18.7 Å². The van der Waals surface area contributed by atoms with Gasteiger partial charge >= 0.3 is 0 Å². The zero-order valence-electron chi connectivity index (χ0n) is 11.6. The average Bonchev–Trinajstić information content (AvgIpc) is 3.11. The Labute approximate surface area is 118 Å². The Morgan fingerprint density at radius 3 is 3.00 bits per heavy atom. The molecule has 1 saturated heterocycles. The first-order chi connectivity index (χ1) is 9.83. The first-order valence-electron chi connectivity index (χ1n) is 7.03. The fourth-order valence-electron chi connectivity index (χ4n) is 2.39. The molecule has 1 unspecified atom stereocenters. The number of hydrogen-bond acceptors (Lipinski definition) is 5. The van der Waals surface area contributed by atoms with Gasteiger partial charge in [-0.2, -0.15) is 0 Å². The third-order valence-corrected chi connectivity index (χ3v) is 3.51. The van der Waals surface area contributed by atoms with Crippen LogP contribution in [-0.2, 0) is 11.3 Å². The van der Waals surface area contributed by atoms with Crippen molar-refractivity contribution >= 4 is 0 Å². The predicted octanol–water partition coefficient (Wildman–Crippen LogP) is 2.31. The summed E-state index contributed by atoms with van der Waals surface area (Å²) in [5, 5.41) is 11.5. The lowest BCUT2D eigenvalue weighted by molar-refractivity contribution is 0.109. The molecule has 2 heterocycles. The van der Waals surface area contributed by atoms with Crippen LogP contribution in [0.1, 0.15) is 24.3 Å². The monoisotopic (exact) mass is 273 g/mol. The van der Waals surface area contributed by atoms with Crippen LogP contribution in [0.4, 0.5) is 0 Å². The summed E-state index contributed by atoms with van der Waals surface area (Å²) in [4.78, 5) is 0. The van der Waals surface area contributed by atoms with E-state index in [-0.39, 0.29) is 0 Å². The van der Waals surface area contributed by atoms with Gasteiger partial charge in [-0.05, 0) is 31.4 Å². The van der Waals surface area contributed by atoms with Crippen LogP contribution in [0.15, 0.2) is 28.7 Å². The van der Waals surface area contributed by atoms with E-state index in [4.69, 9.17) is 9.15 Å². The highest BCUT2D eigenvalue weighted by atomic mass is 16.5. The molecule has 5 heteroatoms. The molecule has 3 rings (SSSR count). The summed E-state index contributed by atoms with van der Waals surface area (Å²) in [5.74, 6) is 1.19. The third kappa shape index (κ3) is 3.05. The van der Waals surface area contributed by atoms with Crippen molar-refractivity contribution in [2.24, 2.45) is 0 Å². The van der Waals surface area contributed by atoms with Crippen LogP contribution in [0.3, 0.4) is 0 Å². The normalized spacial score (nSPS) is 18.6. The summed E-state index contributed by atoms with van der Waals surface area (Å²) in [6, 6.07) is 8.00. The quantitative estimate of drug-likeness (QED) is 0.906. The molecule has 1 aromatic heterocycles. The first kappa shape index (κ1) is 13.3. The van der Waals surface area contributed by atoms with Crippen molar-refractivity contribution in [3.05, 3.63) is 35.7 Å². The van der Waals surface area contributed by atoms with Gasteiger partial charge in [-0.25, -0.2) is 0 Å². The summed E-state index contributed by atoms with van der Waals surface area (Å²) >= 11 is 0. The molecule has 0 radical (unpaired) electrons. The lowest BCUT2D eigenvalue weighted by Crippen LogP contribution is -2.25. The van der Waals surface area contributed by atoms with Crippen molar-refractivity contribution < 1.29 is 9.15 Å². The Kier molecular flexibility index (Phi) is 4.08. The van der Waals surface area contributed by atoms with E-state index >= 15 is 0 Å². The van der Waals surface area contributed by atoms with Gasteiger partial charge < -0.3 is 14.5 Å². The molecule has 0 saturated carbocycles. The lowest BCUT2D eigenvalue weighted by atomic mass is 10.1. The van der Waals surface area contributed by atoms with Crippen LogP contribution < -0.4 is 5.32 Å². The van der Waals surface area contributed by atoms with Crippen LogP contribution >= 0.6 is 0 Å². The van der Waals surface area contributed by atoms with E-state index in [1.54, 1.807) is 0 Å². The van der Waals surface area contributed by atoms with Crippen LogP contribution in [0, 0.1) is 6.92 Å². The molecule has 1 aliphatic heterocycles. The van der Waals surface area contributed by atoms with Gasteiger partial charge in [0.05, 0.1) is 12.6 Å². The number of rotatable bonds is 5. The molecule has 1 atom stereocenters. The highest BCUT2D eigenvalue weighted by molar-refractivity contribution is 5.57. The van der Waals surface area contributed by atoms with E-state index in [0.717, 1.165) is 37.1 Å². The Balaban J connectivity index is 1.58. The maximum absolute atomic E-state index is 5.69. The highest BCUT2D eigenvalue weighted by Gasteiger charge is 2.15. The maximum Gasteiger partial charge on any atom is 0.248 e. The minimum Gasteiger partial charge on any atom is -0.419 e. The summed E-state index contributed by atoms with van der Waals surface area (Å²) in [5.41, 5.74) is 2.13. The standard InChI is InChI=1S/C15H19N3O2/c1-11-5-2-3-7-13(11)15-18-17-14(20-15)10-16-9-12-6-4-8-19-12/h2-3,5,7,12,16H,4,6,8-10H2,1H3. The van der Waals surface area contributed by atoms with E-state index in [2.05, 4.69) is 15.5 Å². The second-order valence-corrected chi connectivity index (χ2v) is 5.08. The van der Waals surface area contributed by atoms with E-state index in [9.17, 15) is 0 Å². The van der Waals surface area contributed by atoms with E-state index in [1.165, 1.54) is 0 Å². The van der Waals surface area contributed by atoms with Crippen molar-refractivity contribution in [1.29, 1.82) is 0 Å². The second kappa shape index (κ2) is 6.15. The molecule has 1 fully saturated rings.